The van der Waals surface area contributed by atoms with Gasteiger partial charge < -0.3 is 10.6 Å². The van der Waals surface area contributed by atoms with E-state index in [1.54, 1.807) is 0 Å². The Balaban J connectivity index is 1.26. The lowest BCUT2D eigenvalue weighted by molar-refractivity contribution is -0.130. The van der Waals surface area contributed by atoms with Crippen LogP contribution in [0.25, 0.3) is 0 Å². The first-order valence-corrected chi connectivity index (χ1v) is 11.6. The molecule has 1 aliphatic heterocycles. The molecule has 2 aliphatic rings. The molecule has 2 N–H and O–H groups in total. The first kappa shape index (κ1) is 20.3. The predicted molar refractivity (Wildman–Crippen MR) is 117 cm³/mol. The molecule has 2 heterocycles. The van der Waals surface area contributed by atoms with E-state index in [1.165, 1.54) is 20.9 Å². The fourth-order valence-corrected chi connectivity index (χ4v) is 5.75. The van der Waals surface area contributed by atoms with E-state index in [2.05, 4.69) is 41.0 Å². The van der Waals surface area contributed by atoms with Gasteiger partial charge in [0.15, 0.2) is 5.78 Å². The maximum absolute atomic E-state index is 12.8. The summed E-state index contributed by atoms with van der Waals surface area (Å²) in [7, 11) is 0. The Kier molecular flexibility index (Phi) is 6.46. The summed E-state index contributed by atoms with van der Waals surface area (Å²) in [6, 6.07) is 12.3. The van der Waals surface area contributed by atoms with Crippen LogP contribution < -0.4 is 10.6 Å². The number of aryl methyl sites for hydroxylation is 1. The normalized spacial score (nSPS) is 22.1. The van der Waals surface area contributed by atoms with Crippen molar-refractivity contribution in [2.75, 3.05) is 0 Å². The summed E-state index contributed by atoms with van der Waals surface area (Å²) >= 11 is 1.81. The average Bonchev–Trinajstić information content (AvgIpc) is 3.34. The summed E-state index contributed by atoms with van der Waals surface area (Å²) in [6.45, 7) is 3.72. The number of benzene rings is 1. The van der Waals surface area contributed by atoms with Crippen LogP contribution in [0.1, 0.15) is 65.8 Å². The molecule has 0 spiro atoms. The SMILES string of the molecule is C[C@H](NC(=O)[C@@H]1CCC[C@H](c2ccccc2)C1)C(=O)CCc1cc2c(s1)CNC2. The lowest BCUT2D eigenvalue weighted by Crippen LogP contribution is -2.42. The smallest absolute Gasteiger partial charge is 0.223 e. The van der Waals surface area contributed by atoms with Crippen LogP contribution in [-0.2, 0) is 29.1 Å². The second-order valence-corrected chi connectivity index (χ2v) is 9.65. The third-order valence-corrected chi connectivity index (χ3v) is 7.56. The van der Waals surface area contributed by atoms with Gasteiger partial charge in [0.1, 0.15) is 0 Å². The van der Waals surface area contributed by atoms with Gasteiger partial charge in [0.2, 0.25) is 5.91 Å². The molecular weight excluding hydrogens is 380 g/mol. The number of hydrogen-bond acceptors (Lipinski definition) is 4. The molecule has 1 aliphatic carbocycles. The Morgan fingerprint density at radius 3 is 2.83 bits per heavy atom. The highest BCUT2D eigenvalue weighted by Gasteiger charge is 2.29. The molecule has 1 saturated carbocycles. The van der Waals surface area contributed by atoms with E-state index in [0.717, 1.165) is 45.2 Å². The van der Waals surface area contributed by atoms with Gasteiger partial charge in [-0.2, -0.15) is 0 Å². The third kappa shape index (κ3) is 4.96. The van der Waals surface area contributed by atoms with Crippen molar-refractivity contribution in [2.24, 2.45) is 5.92 Å². The van der Waals surface area contributed by atoms with E-state index in [-0.39, 0.29) is 17.6 Å². The van der Waals surface area contributed by atoms with Gasteiger partial charge in [-0.15, -0.1) is 11.3 Å². The minimum absolute atomic E-state index is 0.0111. The van der Waals surface area contributed by atoms with Gasteiger partial charge in [-0.25, -0.2) is 0 Å². The molecule has 1 aromatic heterocycles. The topological polar surface area (TPSA) is 58.2 Å². The molecule has 154 valence electrons. The van der Waals surface area contributed by atoms with Gasteiger partial charge in [0.05, 0.1) is 6.04 Å². The molecule has 0 radical (unpaired) electrons. The van der Waals surface area contributed by atoms with Gasteiger partial charge in [0.25, 0.3) is 0 Å². The van der Waals surface area contributed by atoms with Crippen LogP contribution in [0.15, 0.2) is 36.4 Å². The van der Waals surface area contributed by atoms with E-state index in [0.29, 0.717) is 12.3 Å². The van der Waals surface area contributed by atoms with Crippen molar-refractivity contribution in [3.05, 3.63) is 57.3 Å². The Bertz CT molecular complexity index is 840. The highest BCUT2D eigenvalue weighted by molar-refractivity contribution is 7.12. The zero-order valence-corrected chi connectivity index (χ0v) is 17.9. The molecule has 2 aromatic rings. The molecule has 5 heteroatoms. The number of thiophene rings is 1. The fraction of sp³-hybridized carbons (Fsp3) is 0.500. The molecule has 0 unspecified atom stereocenters. The van der Waals surface area contributed by atoms with E-state index < -0.39 is 6.04 Å². The number of fused-ring (bicyclic) bond motifs is 1. The average molecular weight is 411 g/mol. The number of carbonyl (C=O) groups is 2. The summed E-state index contributed by atoms with van der Waals surface area (Å²) in [5, 5.41) is 6.34. The van der Waals surface area contributed by atoms with Crippen molar-refractivity contribution in [1.82, 2.24) is 10.6 Å². The van der Waals surface area contributed by atoms with Crippen LogP contribution in [0.3, 0.4) is 0 Å². The highest BCUT2D eigenvalue weighted by Crippen LogP contribution is 2.36. The number of hydrogen-bond donors (Lipinski definition) is 2. The third-order valence-electron chi connectivity index (χ3n) is 6.32. The summed E-state index contributed by atoms with van der Waals surface area (Å²) in [5.41, 5.74) is 2.70. The summed E-state index contributed by atoms with van der Waals surface area (Å²) in [6.07, 6.45) is 5.28. The van der Waals surface area contributed by atoms with Gasteiger partial charge in [-0.1, -0.05) is 36.8 Å². The molecule has 0 saturated heterocycles. The monoisotopic (exact) mass is 410 g/mol. The maximum Gasteiger partial charge on any atom is 0.223 e. The van der Waals surface area contributed by atoms with Gasteiger partial charge in [-0.05, 0) is 55.7 Å². The van der Waals surface area contributed by atoms with E-state index in [1.807, 2.05) is 24.3 Å². The predicted octanol–water partition coefficient (Wildman–Crippen LogP) is 4.33. The number of rotatable bonds is 7. The fourth-order valence-electron chi connectivity index (χ4n) is 4.59. The van der Waals surface area contributed by atoms with Crippen molar-refractivity contribution < 1.29 is 9.59 Å². The first-order valence-electron chi connectivity index (χ1n) is 10.8. The second kappa shape index (κ2) is 9.23. The molecule has 0 bridgehead atoms. The Labute approximate surface area is 177 Å². The van der Waals surface area contributed by atoms with Crippen LogP contribution in [0, 0.1) is 5.92 Å². The molecule has 1 amide bonds. The van der Waals surface area contributed by atoms with Crippen LogP contribution >= 0.6 is 11.3 Å². The van der Waals surface area contributed by atoms with E-state index in [9.17, 15) is 9.59 Å². The number of nitrogens with one attached hydrogen (secondary N) is 2. The van der Waals surface area contributed by atoms with Crippen molar-refractivity contribution in [3.63, 3.8) is 0 Å². The van der Waals surface area contributed by atoms with Gasteiger partial charge in [0, 0.05) is 35.2 Å². The minimum atomic E-state index is -0.409. The summed E-state index contributed by atoms with van der Waals surface area (Å²) in [4.78, 5) is 28.0. The Morgan fingerprint density at radius 2 is 2.03 bits per heavy atom. The second-order valence-electron chi connectivity index (χ2n) is 8.43. The highest BCUT2D eigenvalue weighted by atomic mass is 32.1. The van der Waals surface area contributed by atoms with Gasteiger partial charge >= 0.3 is 0 Å². The molecule has 1 aromatic carbocycles. The van der Waals surface area contributed by atoms with Crippen LogP contribution in [-0.4, -0.2) is 17.7 Å². The Morgan fingerprint density at radius 1 is 1.21 bits per heavy atom. The lowest BCUT2D eigenvalue weighted by atomic mass is 9.77. The maximum atomic E-state index is 12.8. The standard InChI is InChI=1S/C24H30N2O2S/c1-16(22(27)11-10-21-13-20-14-25-15-23(20)29-21)26-24(28)19-9-5-8-18(12-19)17-6-3-2-4-7-17/h2-4,6-7,13,16,18-19,25H,5,8-12,14-15H2,1H3,(H,26,28)/t16-,18-,19+/m0/s1. The minimum Gasteiger partial charge on any atom is -0.346 e. The van der Waals surface area contributed by atoms with Crippen LogP contribution in [0.2, 0.25) is 0 Å². The number of carbonyl (C=O) groups excluding carboxylic acids is 2. The van der Waals surface area contributed by atoms with Crippen molar-refractivity contribution in [3.8, 4) is 0 Å². The van der Waals surface area contributed by atoms with Crippen LogP contribution in [0.5, 0.6) is 0 Å². The largest absolute Gasteiger partial charge is 0.346 e. The molecule has 29 heavy (non-hydrogen) atoms. The number of amides is 1. The molecule has 1 fully saturated rings. The molecule has 3 atom stereocenters. The van der Waals surface area contributed by atoms with Crippen LogP contribution in [0.4, 0.5) is 0 Å². The summed E-state index contributed by atoms with van der Waals surface area (Å²) in [5.74, 6) is 0.632. The van der Waals surface area contributed by atoms with E-state index >= 15 is 0 Å². The van der Waals surface area contributed by atoms with Crippen molar-refractivity contribution in [2.45, 2.75) is 70.5 Å². The zero-order valence-electron chi connectivity index (χ0n) is 17.1. The van der Waals surface area contributed by atoms with Crippen molar-refractivity contribution in [1.29, 1.82) is 0 Å². The van der Waals surface area contributed by atoms with Crippen molar-refractivity contribution >= 4 is 23.0 Å². The Hall–Kier alpha value is -1.98. The number of ketones is 1. The number of Topliss-reactive ketones (excluding diaryl/α,β-unsaturated/α-hetero) is 1. The first-order chi connectivity index (χ1) is 14.1. The summed E-state index contributed by atoms with van der Waals surface area (Å²) < 4.78 is 0. The zero-order chi connectivity index (χ0) is 20.2. The molecule has 4 nitrogen and oxygen atoms in total. The van der Waals surface area contributed by atoms with Gasteiger partial charge in [-0.3, -0.25) is 9.59 Å². The lowest BCUT2D eigenvalue weighted by Gasteiger charge is -2.29. The molecular formula is C24H30N2O2S. The van der Waals surface area contributed by atoms with E-state index in [4.69, 9.17) is 0 Å². The quantitative estimate of drug-likeness (QED) is 0.714. The molecule has 4 rings (SSSR count).